The number of anilines is 1. The lowest BCUT2D eigenvalue weighted by Gasteiger charge is -2.31. The maximum atomic E-state index is 12.3. The van der Waals surface area contributed by atoms with E-state index in [4.69, 9.17) is 15.2 Å². The Balaban J connectivity index is 2.24. The number of aryl methyl sites for hydroxylation is 1. The van der Waals surface area contributed by atoms with E-state index in [0.717, 1.165) is 29.8 Å². The van der Waals surface area contributed by atoms with Gasteiger partial charge < -0.3 is 20.1 Å². The molecule has 1 heterocycles. The summed E-state index contributed by atoms with van der Waals surface area (Å²) >= 11 is 0. The first-order valence-corrected chi connectivity index (χ1v) is 6.40. The van der Waals surface area contributed by atoms with E-state index in [1.54, 1.807) is 19.1 Å². The molecular weight excluding hydrogens is 244 g/mol. The highest BCUT2D eigenvalue weighted by atomic mass is 16.5. The summed E-state index contributed by atoms with van der Waals surface area (Å²) in [5, 5.41) is 0. The molecule has 1 aromatic rings. The number of carbonyl (C=O) groups excluding carboxylic acids is 1. The number of rotatable bonds is 4. The highest BCUT2D eigenvalue weighted by Crippen LogP contribution is 2.30. The van der Waals surface area contributed by atoms with Gasteiger partial charge in [-0.05, 0) is 36.6 Å². The molecule has 1 amide bonds. The van der Waals surface area contributed by atoms with Crippen molar-refractivity contribution in [1.82, 2.24) is 0 Å². The Morgan fingerprint density at radius 3 is 2.95 bits per heavy atom. The monoisotopic (exact) mass is 264 g/mol. The van der Waals surface area contributed by atoms with Crippen LogP contribution in [0.1, 0.15) is 12.0 Å². The van der Waals surface area contributed by atoms with E-state index in [0.29, 0.717) is 6.54 Å². The normalized spacial score (nSPS) is 15.8. The molecule has 2 rings (SSSR count). The molecule has 0 aromatic heterocycles. The number of ether oxygens (including phenoxy) is 2. The maximum Gasteiger partial charge on any atom is 0.246 e. The van der Waals surface area contributed by atoms with E-state index in [9.17, 15) is 4.79 Å². The minimum Gasteiger partial charge on any atom is -0.497 e. The lowest BCUT2D eigenvalue weighted by Crippen LogP contribution is -2.48. The van der Waals surface area contributed by atoms with Gasteiger partial charge in [-0.1, -0.05) is 0 Å². The number of nitrogens with zero attached hydrogens (tertiary/aromatic N) is 1. The Labute approximate surface area is 113 Å². The second kappa shape index (κ2) is 6.04. The van der Waals surface area contributed by atoms with E-state index in [1.807, 2.05) is 18.2 Å². The van der Waals surface area contributed by atoms with Crippen LogP contribution in [0.15, 0.2) is 18.2 Å². The average Bonchev–Trinajstić information content (AvgIpc) is 2.45. The van der Waals surface area contributed by atoms with Gasteiger partial charge in [-0.15, -0.1) is 0 Å². The van der Waals surface area contributed by atoms with Crippen LogP contribution >= 0.6 is 0 Å². The molecule has 1 unspecified atom stereocenters. The largest absolute Gasteiger partial charge is 0.497 e. The van der Waals surface area contributed by atoms with Gasteiger partial charge in [-0.3, -0.25) is 4.79 Å². The molecule has 0 radical (unpaired) electrons. The minimum absolute atomic E-state index is 0.0898. The lowest BCUT2D eigenvalue weighted by molar-refractivity contribution is -0.121. The van der Waals surface area contributed by atoms with Gasteiger partial charge in [0.25, 0.3) is 0 Å². The number of hydrogen-bond donors (Lipinski definition) is 1. The number of amides is 1. The summed E-state index contributed by atoms with van der Waals surface area (Å²) in [6.45, 7) is 0.941. The molecule has 0 saturated heterocycles. The average molecular weight is 264 g/mol. The van der Waals surface area contributed by atoms with Gasteiger partial charge in [0.15, 0.2) is 0 Å². The van der Waals surface area contributed by atoms with Gasteiger partial charge in [0.05, 0.1) is 13.7 Å². The maximum absolute atomic E-state index is 12.3. The number of benzene rings is 1. The second-order valence-electron chi connectivity index (χ2n) is 4.65. The predicted molar refractivity (Wildman–Crippen MR) is 73.5 cm³/mol. The SMILES string of the molecule is COCC(N)C(=O)N1CCCc2cc(OC)ccc21. The summed E-state index contributed by atoms with van der Waals surface area (Å²) in [5.41, 5.74) is 7.89. The summed E-state index contributed by atoms with van der Waals surface area (Å²) < 4.78 is 10.2. The smallest absolute Gasteiger partial charge is 0.246 e. The molecule has 19 heavy (non-hydrogen) atoms. The van der Waals surface area contributed by atoms with Gasteiger partial charge >= 0.3 is 0 Å². The fourth-order valence-electron chi connectivity index (χ4n) is 2.38. The molecule has 1 aliphatic heterocycles. The van der Waals surface area contributed by atoms with E-state index in [2.05, 4.69) is 0 Å². The Morgan fingerprint density at radius 2 is 2.26 bits per heavy atom. The topological polar surface area (TPSA) is 64.8 Å². The Kier molecular flexibility index (Phi) is 4.39. The molecule has 1 aliphatic rings. The zero-order valence-electron chi connectivity index (χ0n) is 11.4. The first-order chi connectivity index (χ1) is 9.17. The molecular formula is C14H20N2O3. The zero-order valence-corrected chi connectivity index (χ0v) is 11.4. The third-order valence-electron chi connectivity index (χ3n) is 3.33. The molecule has 0 fully saturated rings. The predicted octanol–water partition coefficient (Wildman–Crippen LogP) is 0.948. The van der Waals surface area contributed by atoms with E-state index < -0.39 is 6.04 Å². The number of nitrogens with two attached hydrogens (primary N) is 1. The van der Waals surface area contributed by atoms with Crippen molar-refractivity contribution in [3.63, 3.8) is 0 Å². The Morgan fingerprint density at radius 1 is 1.47 bits per heavy atom. The van der Waals surface area contributed by atoms with Crippen molar-refractivity contribution in [2.45, 2.75) is 18.9 Å². The minimum atomic E-state index is -0.613. The van der Waals surface area contributed by atoms with E-state index >= 15 is 0 Å². The van der Waals surface area contributed by atoms with Crippen LogP contribution in [0, 0.1) is 0 Å². The van der Waals surface area contributed by atoms with Crippen LogP contribution in [-0.2, 0) is 16.0 Å². The number of methoxy groups -OCH3 is 2. The molecule has 5 heteroatoms. The fraction of sp³-hybridized carbons (Fsp3) is 0.500. The molecule has 2 N–H and O–H groups in total. The number of hydrogen-bond acceptors (Lipinski definition) is 4. The van der Waals surface area contributed by atoms with Crippen molar-refractivity contribution in [1.29, 1.82) is 0 Å². The van der Waals surface area contributed by atoms with Crippen LogP contribution in [0.5, 0.6) is 5.75 Å². The van der Waals surface area contributed by atoms with Crippen LogP contribution in [0.4, 0.5) is 5.69 Å². The first-order valence-electron chi connectivity index (χ1n) is 6.40. The summed E-state index contributed by atoms with van der Waals surface area (Å²) in [4.78, 5) is 14.0. The van der Waals surface area contributed by atoms with Gasteiger partial charge in [0, 0.05) is 19.3 Å². The molecule has 1 atom stereocenters. The molecule has 104 valence electrons. The van der Waals surface area contributed by atoms with Crippen molar-refractivity contribution in [2.75, 3.05) is 32.3 Å². The van der Waals surface area contributed by atoms with Crippen molar-refractivity contribution in [3.8, 4) is 5.75 Å². The second-order valence-corrected chi connectivity index (χ2v) is 4.65. The van der Waals surface area contributed by atoms with Crippen LogP contribution < -0.4 is 15.4 Å². The van der Waals surface area contributed by atoms with Crippen LogP contribution in [-0.4, -0.2) is 39.3 Å². The van der Waals surface area contributed by atoms with Crippen LogP contribution in [0.2, 0.25) is 0 Å². The standard InChI is InChI=1S/C14H20N2O3/c1-18-9-12(15)14(17)16-7-3-4-10-8-11(19-2)5-6-13(10)16/h5-6,8,12H,3-4,7,9,15H2,1-2H3. The third kappa shape index (κ3) is 2.88. The zero-order chi connectivity index (χ0) is 13.8. The van der Waals surface area contributed by atoms with Crippen LogP contribution in [0.25, 0.3) is 0 Å². The van der Waals surface area contributed by atoms with Gasteiger partial charge in [0.1, 0.15) is 11.8 Å². The summed E-state index contributed by atoms with van der Waals surface area (Å²) in [6, 6.07) is 5.16. The Hall–Kier alpha value is -1.59. The van der Waals surface area contributed by atoms with E-state index in [-0.39, 0.29) is 12.5 Å². The fourth-order valence-corrected chi connectivity index (χ4v) is 2.38. The van der Waals surface area contributed by atoms with Crippen molar-refractivity contribution in [3.05, 3.63) is 23.8 Å². The highest BCUT2D eigenvalue weighted by molar-refractivity contribution is 5.98. The molecule has 5 nitrogen and oxygen atoms in total. The molecule has 1 aromatic carbocycles. The first kappa shape index (κ1) is 13.8. The highest BCUT2D eigenvalue weighted by Gasteiger charge is 2.26. The summed E-state index contributed by atoms with van der Waals surface area (Å²) in [6.07, 6.45) is 1.89. The molecule has 0 aliphatic carbocycles. The Bertz CT molecular complexity index is 462. The lowest BCUT2D eigenvalue weighted by atomic mass is 10.0. The van der Waals surface area contributed by atoms with Gasteiger partial charge in [0.2, 0.25) is 5.91 Å². The van der Waals surface area contributed by atoms with Gasteiger partial charge in [-0.25, -0.2) is 0 Å². The van der Waals surface area contributed by atoms with Gasteiger partial charge in [-0.2, -0.15) is 0 Å². The van der Waals surface area contributed by atoms with Crippen molar-refractivity contribution < 1.29 is 14.3 Å². The van der Waals surface area contributed by atoms with Crippen LogP contribution in [0.3, 0.4) is 0 Å². The molecule has 0 saturated carbocycles. The summed E-state index contributed by atoms with van der Waals surface area (Å²) in [5.74, 6) is 0.724. The van der Waals surface area contributed by atoms with Crippen molar-refractivity contribution >= 4 is 11.6 Å². The molecule has 0 bridgehead atoms. The number of fused-ring (bicyclic) bond motifs is 1. The quantitative estimate of drug-likeness (QED) is 0.879. The summed E-state index contributed by atoms with van der Waals surface area (Å²) in [7, 11) is 3.18. The molecule has 0 spiro atoms. The third-order valence-corrected chi connectivity index (χ3v) is 3.33. The number of carbonyl (C=O) groups is 1. The van der Waals surface area contributed by atoms with E-state index in [1.165, 1.54) is 0 Å². The van der Waals surface area contributed by atoms with Crippen molar-refractivity contribution in [2.24, 2.45) is 5.73 Å².